The molecule has 146 valence electrons. The van der Waals surface area contributed by atoms with Crippen molar-refractivity contribution < 1.29 is 4.79 Å². The van der Waals surface area contributed by atoms with E-state index in [0.717, 1.165) is 30.8 Å². The molecule has 0 atom stereocenters. The quantitative estimate of drug-likeness (QED) is 0.755. The highest BCUT2D eigenvalue weighted by Gasteiger charge is 2.26. The first-order valence-electron chi connectivity index (χ1n) is 9.79. The highest BCUT2D eigenvalue weighted by atomic mass is 16.2. The number of nitrogens with zero attached hydrogens (tertiary/aromatic N) is 5. The number of amides is 1. The largest absolute Gasteiger partial charge is 0.336 e. The minimum Gasteiger partial charge on any atom is -0.336 e. The minimum absolute atomic E-state index is 0.111. The molecule has 0 bridgehead atoms. The van der Waals surface area contributed by atoms with Gasteiger partial charge in [0.25, 0.3) is 11.7 Å². The molecule has 1 aliphatic rings. The third-order valence-corrected chi connectivity index (χ3v) is 5.43. The maximum atomic E-state index is 12.8. The van der Waals surface area contributed by atoms with Gasteiger partial charge in [0.15, 0.2) is 0 Å². The van der Waals surface area contributed by atoms with Crippen molar-refractivity contribution in [2.75, 3.05) is 13.1 Å². The molecule has 4 rings (SSSR count). The van der Waals surface area contributed by atoms with Gasteiger partial charge in [-0.3, -0.25) is 4.79 Å². The first kappa shape index (κ1) is 18.6. The number of benzene rings is 1. The molecule has 3 aromatic rings. The molecule has 2 aromatic heterocycles. The average molecular weight is 378 g/mol. The summed E-state index contributed by atoms with van der Waals surface area (Å²) in [4.78, 5) is 23.4. The van der Waals surface area contributed by atoms with E-state index in [0.29, 0.717) is 24.9 Å². The third-order valence-electron chi connectivity index (χ3n) is 5.43. The van der Waals surface area contributed by atoms with Gasteiger partial charge in [-0.25, -0.2) is 9.50 Å². The topological polar surface area (TPSA) is 75.4 Å². The van der Waals surface area contributed by atoms with Gasteiger partial charge in [-0.1, -0.05) is 24.3 Å². The van der Waals surface area contributed by atoms with Crippen molar-refractivity contribution in [1.29, 1.82) is 0 Å². The van der Waals surface area contributed by atoms with Crippen molar-refractivity contribution in [1.82, 2.24) is 29.8 Å². The van der Waals surface area contributed by atoms with Crippen LogP contribution < -0.4 is 5.32 Å². The summed E-state index contributed by atoms with van der Waals surface area (Å²) in [5.74, 6) is 0.600. The molecule has 28 heavy (non-hydrogen) atoms. The summed E-state index contributed by atoms with van der Waals surface area (Å²) in [6, 6.07) is 10.8. The number of likely N-dealkylation sites (tertiary alicyclic amines) is 1. The van der Waals surface area contributed by atoms with Gasteiger partial charge in [0.1, 0.15) is 0 Å². The Balaban J connectivity index is 1.36. The molecule has 0 unspecified atom stereocenters. The summed E-state index contributed by atoms with van der Waals surface area (Å²) >= 11 is 0. The van der Waals surface area contributed by atoms with Crippen molar-refractivity contribution in [2.45, 2.75) is 46.2 Å². The lowest BCUT2D eigenvalue weighted by molar-refractivity contribution is 0.0692. The SMILES string of the molecule is Cc1cc(C)n2nc(C(=O)N3CCC(NCc4ccccc4C)CC3)nc2n1. The fourth-order valence-electron chi connectivity index (χ4n) is 3.75. The molecule has 1 aromatic carbocycles. The number of nitrogens with one attached hydrogen (secondary N) is 1. The van der Waals surface area contributed by atoms with Crippen molar-refractivity contribution in [3.05, 3.63) is 58.7 Å². The molecular formula is C21H26N6O. The number of carbonyl (C=O) groups is 1. The molecule has 1 fully saturated rings. The van der Waals surface area contributed by atoms with Crippen LogP contribution in [0.15, 0.2) is 30.3 Å². The first-order valence-corrected chi connectivity index (χ1v) is 9.79. The first-order chi connectivity index (χ1) is 13.5. The van der Waals surface area contributed by atoms with Crippen LogP contribution in [0.5, 0.6) is 0 Å². The fourth-order valence-corrected chi connectivity index (χ4v) is 3.75. The molecule has 7 nitrogen and oxygen atoms in total. The van der Waals surface area contributed by atoms with Crippen LogP contribution in [0.2, 0.25) is 0 Å². The maximum Gasteiger partial charge on any atom is 0.293 e. The molecule has 0 radical (unpaired) electrons. The zero-order valence-electron chi connectivity index (χ0n) is 16.6. The summed E-state index contributed by atoms with van der Waals surface area (Å²) in [7, 11) is 0. The van der Waals surface area contributed by atoms with Crippen LogP contribution in [0.25, 0.3) is 5.78 Å². The van der Waals surface area contributed by atoms with Gasteiger partial charge in [0.2, 0.25) is 5.82 Å². The number of carbonyl (C=O) groups excluding carboxylic acids is 1. The van der Waals surface area contributed by atoms with Gasteiger partial charge in [-0.15, -0.1) is 5.10 Å². The molecule has 7 heteroatoms. The third kappa shape index (κ3) is 3.75. The van der Waals surface area contributed by atoms with Crippen LogP contribution in [0.1, 0.15) is 46.0 Å². The van der Waals surface area contributed by atoms with Crippen LogP contribution in [-0.2, 0) is 6.54 Å². The highest BCUT2D eigenvalue weighted by molar-refractivity contribution is 5.91. The Labute approximate surface area is 164 Å². The lowest BCUT2D eigenvalue weighted by Gasteiger charge is -2.32. The Kier molecular flexibility index (Phi) is 5.09. The Hall–Kier alpha value is -2.80. The van der Waals surface area contributed by atoms with Gasteiger partial charge < -0.3 is 10.2 Å². The maximum absolute atomic E-state index is 12.8. The van der Waals surface area contributed by atoms with Crippen molar-refractivity contribution >= 4 is 11.7 Å². The van der Waals surface area contributed by atoms with Crippen LogP contribution in [-0.4, -0.2) is 49.5 Å². The predicted molar refractivity (Wildman–Crippen MR) is 107 cm³/mol. The standard InChI is InChI=1S/C21H26N6O/c1-14-6-4-5-7-17(14)13-22-18-8-10-26(11-9-18)20(28)19-24-21-23-15(2)12-16(3)27(21)25-19/h4-7,12,18,22H,8-11,13H2,1-3H3. The van der Waals surface area contributed by atoms with Crippen molar-refractivity contribution in [3.8, 4) is 0 Å². The number of rotatable bonds is 4. The number of fused-ring (bicyclic) bond motifs is 1. The van der Waals surface area contributed by atoms with E-state index in [9.17, 15) is 4.79 Å². The number of hydrogen-bond acceptors (Lipinski definition) is 5. The van der Waals surface area contributed by atoms with Crippen LogP contribution in [0, 0.1) is 20.8 Å². The summed E-state index contributed by atoms with van der Waals surface area (Å²) in [6.45, 7) is 8.28. The van der Waals surface area contributed by atoms with Crippen molar-refractivity contribution in [2.24, 2.45) is 0 Å². The Morgan fingerprint density at radius 1 is 1.14 bits per heavy atom. The van der Waals surface area contributed by atoms with E-state index in [1.807, 2.05) is 24.8 Å². The number of piperidine rings is 1. The van der Waals surface area contributed by atoms with E-state index >= 15 is 0 Å². The zero-order chi connectivity index (χ0) is 19.7. The summed E-state index contributed by atoms with van der Waals surface area (Å²) < 4.78 is 1.64. The van der Waals surface area contributed by atoms with Gasteiger partial charge in [-0.2, -0.15) is 4.98 Å². The summed E-state index contributed by atoms with van der Waals surface area (Å²) in [5, 5.41) is 8.00. The lowest BCUT2D eigenvalue weighted by Crippen LogP contribution is -2.45. The van der Waals surface area contributed by atoms with Crippen LogP contribution in [0.4, 0.5) is 0 Å². The number of aryl methyl sites for hydroxylation is 3. The second-order valence-corrected chi connectivity index (χ2v) is 7.56. The lowest BCUT2D eigenvalue weighted by atomic mass is 10.0. The monoisotopic (exact) mass is 378 g/mol. The fraction of sp³-hybridized carbons (Fsp3) is 0.429. The Morgan fingerprint density at radius 2 is 1.89 bits per heavy atom. The molecule has 0 spiro atoms. The molecular weight excluding hydrogens is 352 g/mol. The van der Waals surface area contributed by atoms with Crippen molar-refractivity contribution in [3.63, 3.8) is 0 Å². The molecule has 1 amide bonds. The Bertz CT molecular complexity index is 1000. The van der Waals surface area contributed by atoms with E-state index in [1.54, 1.807) is 4.52 Å². The molecule has 0 saturated carbocycles. The molecule has 3 heterocycles. The smallest absolute Gasteiger partial charge is 0.293 e. The van der Waals surface area contributed by atoms with Gasteiger partial charge in [0.05, 0.1) is 0 Å². The summed E-state index contributed by atoms with van der Waals surface area (Å²) in [6.07, 6.45) is 1.86. The minimum atomic E-state index is -0.111. The van der Waals surface area contributed by atoms with Crippen LogP contribution in [0.3, 0.4) is 0 Å². The van der Waals surface area contributed by atoms with E-state index < -0.39 is 0 Å². The zero-order valence-corrected chi connectivity index (χ0v) is 16.6. The van der Waals surface area contributed by atoms with Gasteiger partial charge in [-0.05, 0) is 50.8 Å². The normalized spacial score (nSPS) is 15.3. The van der Waals surface area contributed by atoms with E-state index in [2.05, 4.69) is 51.6 Å². The van der Waals surface area contributed by atoms with Gasteiger partial charge in [0, 0.05) is 37.1 Å². The second-order valence-electron chi connectivity index (χ2n) is 7.56. The van der Waals surface area contributed by atoms with Crippen LogP contribution >= 0.6 is 0 Å². The number of hydrogen-bond donors (Lipinski definition) is 1. The molecule has 0 aliphatic carbocycles. The van der Waals surface area contributed by atoms with E-state index in [4.69, 9.17) is 0 Å². The number of aromatic nitrogens is 4. The predicted octanol–water partition coefficient (Wildman–Crippen LogP) is 2.44. The second kappa shape index (κ2) is 7.67. The molecule has 1 N–H and O–H groups in total. The molecule has 1 aliphatic heterocycles. The molecule has 1 saturated heterocycles. The summed E-state index contributed by atoms with van der Waals surface area (Å²) in [5.41, 5.74) is 4.43. The Morgan fingerprint density at radius 3 is 2.64 bits per heavy atom. The van der Waals surface area contributed by atoms with Gasteiger partial charge >= 0.3 is 0 Å². The van der Waals surface area contributed by atoms with E-state index in [-0.39, 0.29) is 11.7 Å². The van der Waals surface area contributed by atoms with E-state index in [1.165, 1.54) is 11.1 Å². The highest BCUT2D eigenvalue weighted by Crippen LogP contribution is 2.15. The average Bonchev–Trinajstić information content (AvgIpc) is 3.11.